The zero-order valence-electron chi connectivity index (χ0n) is 14.9. The molecule has 5 rings (SSSR count). The number of imidazole rings is 1. The van der Waals surface area contributed by atoms with Gasteiger partial charge >= 0.3 is 5.69 Å². The van der Waals surface area contributed by atoms with Gasteiger partial charge in [-0.05, 0) is 28.5 Å². The smallest absolute Gasteiger partial charge is 0.332 e. The summed E-state index contributed by atoms with van der Waals surface area (Å²) in [6.07, 6.45) is 0. The molecule has 0 amide bonds. The standard InChI is InChI=1S/C21H17N5OS/c27-21-23-17-10-3-4-11-18(17)26(21)19-13-28-20(25-24-19)22-12-15-8-5-7-14-6-1-2-9-16(14)15/h1-11H,12-13H2,(H,22,25)(H,23,27). The second-order valence-electron chi connectivity index (χ2n) is 6.48. The molecule has 1 aromatic heterocycles. The molecule has 7 heteroatoms. The van der Waals surface area contributed by atoms with Gasteiger partial charge in [-0.3, -0.25) is 0 Å². The number of fused-ring (bicyclic) bond motifs is 2. The first-order chi connectivity index (χ1) is 13.8. The molecule has 2 N–H and O–H groups in total. The molecule has 0 spiro atoms. The highest BCUT2D eigenvalue weighted by atomic mass is 32.2. The third-order valence-corrected chi connectivity index (χ3v) is 5.65. The lowest BCUT2D eigenvalue weighted by Crippen LogP contribution is -2.31. The van der Waals surface area contributed by atoms with Crippen molar-refractivity contribution in [3.05, 3.63) is 82.8 Å². The molecule has 0 atom stereocenters. The molecule has 0 fully saturated rings. The Morgan fingerprint density at radius 2 is 1.82 bits per heavy atom. The van der Waals surface area contributed by atoms with Gasteiger partial charge in [0, 0.05) is 6.54 Å². The molecule has 28 heavy (non-hydrogen) atoms. The van der Waals surface area contributed by atoms with E-state index >= 15 is 0 Å². The number of para-hydroxylation sites is 2. The molecule has 1 aliphatic rings. The van der Waals surface area contributed by atoms with Crippen LogP contribution < -0.4 is 11.0 Å². The Morgan fingerprint density at radius 3 is 2.71 bits per heavy atom. The highest BCUT2D eigenvalue weighted by Gasteiger charge is 2.17. The molecule has 3 aromatic carbocycles. The van der Waals surface area contributed by atoms with Crippen molar-refractivity contribution in [2.45, 2.75) is 6.54 Å². The van der Waals surface area contributed by atoms with Crippen LogP contribution in [0, 0.1) is 0 Å². The molecule has 0 aliphatic carbocycles. The Morgan fingerprint density at radius 1 is 1.00 bits per heavy atom. The van der Waals surface area contributed by atoms with E-state index in [2.05, 4.69) is 50.8 Å². The van der Waals surface area contributed by atoms with E-state index in [0.717, 1.165) is 16.2 Å². The number of benzene rings is 3. The quantitative estimate of drug-likeness (QED) is 0.552. The Hall–Kier alpha value is -3.32. The maximum absolute atomic E-state index is 12.3. The molecule has 4 aromatic rings. The second kappa shape index (κ2) is 7.01. The fraction of sp³-hybridized carbons (Fsp3) is 0.0952. The van der Waals surface area contributed by atoms with Crippen LogP contribution in [0.3, 0.4) is 0 Å². The van der Waals surface area contributed by atoms with Crippen molar-refractivity contribution in [3.8, 4) is 0 Å². The fourth-order valence-electron chi connectivity index (χ4n) is 3.42. The lowest BCUT2D eigenvalue weighted by Gasteiger charge is -2.14. The Balaban J connectivity index is 1.39. The normalized spacial score (nSPS) is 14.1. The number of amidine groups is 1. The summed E-state index contributed by atoms with van der Waals surface area (Å²) < 4.78 is 1.59. The Labute approximate surface area is 165 Å². The molecule has 0 saturated heterocycles. The summed E-state index contributed by atoms with van der Waals surface area (Å²) >= 11 is 1.55. The molecule has 0 unspecified atom stereocenters. The predicted molar refractivity (Wildman–Crippen MR) is 116 cm³/mol. The van der Waals surface area contributed by atoms with Crippen molar-refractivity contribution < 1.29 is 0 Å². The van der Waals surface area contributed by atoms with Crippen LogP contribution in [0.4, 0.5) is 0 Å². The van der Waals surface area contributed by atoms with Gasteiger partial charge in [-0.25, -0.2) is 9.36 Å². The first-order valence-electron chi connectivity index (χ1n) is 8.97. The number of aromatic nitrogens is 2. The number of thioether (sulfide) groups is 1. The summed E-state index contributed by atoms with van der Waals surface area (Å²) in [4.78, 5) is 15.2. The lowest BCUT2D eigenvalue weighted by molar-refractivity contribution is 0.923. The number of rotatable bonds is 2. The lowest BCUT2D eigenvalue weighted by atomic mass is 10.0. The number of nitrogens with one attached hydrogen (secondary N) is 2. The second-order valence-corrected chi connectivity index (χ2v) is 7.45. The van der Waals surface area contributed by atoms with Crippen LogP contribution in [-0.4, -0.2) is 26.3 Å². The minimum atomic E-state index is -0.192. The summed E-state index contributed by atoms with van der Waals surface area (Å²) in [5.41, 5.74) is 2.63. The number of H-pyrrole nitrogens is 1. The molecular weight excluding hydrogens is 370 g/mol. The largest absolute Gasteiger partial charge is 0.359 e. The minimum absolute atomic E-state index is 0.192. The van der Waals surface area contributed by atoms with Crippen LogP contribution in [0.5, 0.6) is 0 Å². The van der Waals surface area contributed by atoms with Gasteiger partial charge in [0.15, 0.2) is 11.0 Å². The highest BCUT2D eigenvalue weighted by molar-refractivity contribution is 8.14. The molecule has 0 radical (unpaired) electrons. The topological polar surface area (TPSA) is 74.5 Å². The maximum atomic E-state index is 12.3. The SMILES string of the molecule is O=c1[nH]c2ccccc2n1C1=NN=C(NCc2cccc3ccccc23)SC1. The maximum Gasteiger partial charge on any atom is 0.332 e. The van der Waals surface area contributed by atoms with E-state index in [1.54, 1.807) is 16.3 Å². The number of hydrogen-bond donors (Lipinski definition) is 2. The average molecular weight is 387 g/mol. The first-order valence-corrected chi connectivity index (χ1v) is 9.96. The van der Waals surface area contributed by atoms with Gasteiger partial charge in [-0.15, -0.1) is 10.2 Å². The van der Waals surface area contributed by atoms with Crippen LogP contribution >= 0.6 is 11.8 Å². The van der Waals surface area contributed by atoms with E-state index in [1.807, 2.05) is 36.4 Å². The summed E-state index contributed by atoms with van der Waals surface area (Å²) in [5, 5.41) is 15.2. The number of nitrogens with zero attached hydrogens (tertiary/aromatic N) is 3. The third-order valence-electron chi connectivity index (χ3n) is 4.75. The molecule has 1 aliphatic heterocycles. The van der Waals surface area contributed by atoms with Crippen LogP contribution in [0.2, 0.25) is 0 Å². The summed E-state index contributed by atoms with van der Waals surface area (Å²) in [5.74, 6) is 1.20. The zero-order valence-corrected chi connectivity index (χ0v) is 15.7. The van der Waals surface area contributed by atoms with Crippen LogP contribution in [0.25, 0.3) is 21.8 Å². The van der Waals surface area contributed by atoms with Gasteiger partial charge in [0.2, 0.25) is 0 Å². The molecule has 0 bridgehead atoms. The first kappa shape index (κ1) is 16.8. The number of hydrogen-bond acceptors (Lipinski definition) is 5. The minimum Gasteiger partial charge on any atom is -0.359 e. The molecule has 2 heterocycles. The van der Waals surface area contributed by atoms with Crippen molar-refractivity contribution >= 4 is 44.6 Å². The van der Waals surface area contributed by atoms with E-state index in [-0.39, 0.29) is 5.69 Å². The van der Waals surface area contributed by atoms with Gasteiger partial charge in [0.1, 0.15) is 0 Å². The van der Waals surface area contributed by atoms with Crippen LogP contribution in [0.1, 0.15) is 5.56 Å². The Kier molecular flexibility index (Phi) is 4.21. The van der Waals surface area contributed by atoms with Crippen molar-refractivity contribution in [2.24, 2.45) is 10.2 Å². The third kappa shape index (κ3) is 2.99. The highest BCUT2D eigenvalue weighted by Crippen LogP contribution is 2.19. The number of aromatic amines is 1. The van der Waals surface area contributed by atoms with Gasteiger partial charge in [-0.2, -0.15) is 0 Å². The van der Waals surface area contributed by atoms with E-state index in [4.69, 9.17) is 0 Å². The summed E-state index contributed by atoms with van der Waals surface area (Å²) in [6, 6.07) is 22.2. The van der Waals surface area contributed by atoms with Crippen molar-refractivity contribution in [1.29, 1.82) is 0 Å². The van der Waals surface area contributed by atoms with Crippen molar-refractivity contribution in [3.63, 3.8) is 0 Å². The van der Waals surface area contributed by atoms with Crippen LogP contribution in [0.15, 0.2) is 81.7 Å². The van der Waals surface area contributed by atoms with Crippen molar-refractivity contribution in [1.82, 2.24) is 14.9 Å². The van der Waals surface area contributed by atoms with Gasteiger partial charge in [0.05, 0.1) is 16.8 Å². The zero-order chi connectivity index (χ0) is 18.9. The molecule has 138 valence electrons. The van der Waals surface area contributed by atoms with Crippen molar-refractivity contribution in [2.75, 3.05) is 5.75 Å². The van der Waals surface area contributed by atoms with Gasteiger partial charge in [-0.1, -0.05) is 66.4 Å². The van der Waals surface area contributed by atoms with E-state index in [1.165, 1.54) is 16.3 Å². The average Bonchev–Trinajstić information content (AvgIpc) is 3.08. The van der Waals surface area contributed by atoms with E-state index in [0.29, 0.717) is 18.1 Å². The summed E-state index contributed by atoms with van der Waals surface area (Å²) in [7, 11) is 0. The molecular formula is C21H17N5OS. The summed E-state index contributed by atoms with van der Waals surface area (Å²) in [6.45, 7) is 0.672. The van der Waals surface area contributed by atoms with Gasteiger partial charge < -0.3 is 10.3 Å². The molecule has 0 saturated carbocycles. The van der Waals surface area contributed by atoms with E-state index in [9.17, 15) is 4.79 Å². The Bertz CT molecular complexity index is 1300. The monoisotopic (exact) mass is 387 g/mol. The fourth-order valence-corrected chi connectivity index (χ4v) is 4.14. The predicted octanol–water partition coefficient (Wildman–Crippen LogP) is 3.54. The van der Waals surface area contributed by atoms with E-state index < -0.39 is 0 Å². The molecule has 6 nitrogen and oxygen atoms in total. The van der Waals surface area contributed by atoms with Crippen LogP contribution in [-0.2, 0) is 6.54 Å². The van der Waals surface area contributed by atoms with Gasteiger partial charge in [0.25, 0.3) is 0 Å².